The molecule has 6 nitrogen and oxygen atoms in total. The van der Waals surface area contributed by atoms with Crippen LogP contribution in [-0.2, 0) is 0 Å². The Morgan fingerprint density at radius 1 is 0.867 bits per heavy atom. The first-order valence-electron chi connectivity index (χ1n) is 9.15. The number of rotatable bonds is 6. The molecule has 0 bridgehead atoms. The van der Waals surface area contributed by atoms with E-state index in [0.29, 0.717) is 5.56 Å². The summed E-state index contributed by atoms with van der Waals surface area (Å²) in [5.41, 5.74) is 2.57. The number of carboxylic acid groups (broad SMARTS) is 1. The van der Waals surface area contributed by atoms with Crippen LogP contribution in [0.15, 0.2) is 71.1 Å². The first kappa shape index (κ1) is 19.3. The molecule has 0 aliphatic heterocycles. The van der Waals surface area contributed by atoms with Gasteiger partial charge in [-0.3, -0.25) is 4.79 Å². The van der Waals surface area contributed by atoms with Crippen LogP contribution in [0.1, 0.15) is 26.5 Å². The maximum Gasteiger partial charge on any atom is 0.336 e. The number of ether oxygens (including phenoxy) is 2. The Bertz CT molecular complexity index is 1240. The topological polar surface area (TPSA) is 86.0 Å². The molecule has 0 saturated heterocycles. The summed E-state index contributed by atoms with van der Waals surface area (Å²) in [5, 5.41) is 9.82. The van der Waals surface area contributed by atoms with Crippen LogP contribution in [-0.4, -0.2) is 31.1 Å². The van der Waals surface area contributed by atoms with Gasteiger partial charge in [0.05, 0.1) is 19.8 Å². The minimum atomic E-state index is -1.16. The number of benzene rings is 3. The van der Waals surface area contributed by atoms with Crippen LogP contribution in [0, 0.1) is 0 Å². The third-order valence-electron chi connectivity index (χ3n) is 4.86. The standard InChI is InChI=1S/C24H18O6/c1-28-20-13-18(24(26)27)17-12-19(30-22(17)23(20)29-2)21(25)16-10-8-15(9-11-16)14-6-4-3-5-7-14/h3-13H,1-2H3,(H,26,27). The van der Waals surface area contributed by atoms with Gasteiger partial charge < -0.3 is 19.0 Å². The SMILES string of the molecule is COc1cc(C(=O)O)c2cc(C(=O)c3ccc(-c4ccccc4)cc3)oc2c1OC. The Morgan fingerprint density at radius 2 is 1.53 bits per heavy atom. The molecular weight excluding hydrogens is 384 g/mol. The average molecular weight is 402 g/mol. The summed E-state index contributed by atoms with van der Waals surface area (Å²) in [6.07, 6.45) is 0. The van der Waals surface area contributed by atoms with Gasteiger partial charge in [0.15, 0.2) is 17.1 Å². The van der Waals surface area contributed by atoms with Crippen molar-refractivity contribution in [2.24, 2.45) is 0 Å². The number of methoxy groups -OCH3 is 2. The van der Waals surface area contributed by atoms with Gasteiger partial charge in [-0.15, -0.1) is 0 Å². The van der Waals surface area contributed by atoms with Gasteiger partial charge in [-0.1, -0.05) is 54.6 Å². The Morgan fingerprint density at radius 3 is 2.13 bits per heavy atom. The average Bonchev–Trinajstić information content (AvgIpc) is 3.23. The van der Waals surface area contributed by atoms with Crippen LogP contribution in [0.5, 0.6) is 11.5 Å². The zero-order valence-corrected chi connectivity index (χ0v) is 16.3. The van der Waals surface area contributed by atoms with Gasteiger partial charge in [-0.05, 0) is 23.3 Å². The molecule has 0 unspecified atom stereocenters. The lowest BCUT2D eigenvalue weighted by Crippen LogP contribution is -2.00. The lowest BCUT2D eigenvalue weighted by atomic mass is 10.0. The highest BCUT2D eigenvalue weighted by molar-refractivity contribution is 6.12. The maximum absolute atomic E-state index is 13.0. The molecule has 0 saturated carbocycles. The van der Waals surface area contributed by atoms with Crippen molar-refractivity contribution in [3.8, 4) is 22.6 Å². The van der Waals surface area contributed by atoms with E-state index in [1.165, 1.54) is 26.4 Å². The number of carboxylic acids is 1. The van der Waals surface area contributed by atoms with Gasteiger partial charge in [0.1, 0.15) is 0 Å². The van der Waals surface area contributed by atoms with Crippen molar-refractivity contribution in [3.63, 3.8) is 0 Å². The third kappa shape index (κ3) is 3.28. The highest BCUT2D eigenvalue weighted by atomic mass is 16.5. The molecule has 150 valence electrons. The van der Waals surface area contributed by atoms with Crippen molar-refractivity contribution in [2.45, 2.75) is 0 Å². The molecule has 1 aromatic heterocycles. The summed E-state index contributed by atoms with van der Waals surface area (Å²) in [7, 11) is 2.82. The second-order valence-corrected chi connectivity index (χ2v) is 6.59. The predicted molar refractivity (Wildman–Crippen MR) is 112 cm³/mol. The second-order valence-electron chi connectivity index (χ2n) is 6.59. The van der Waals surface area contributed by atoms with E-state index in [2.05, 4.69) is 0 Å². The fourth-order valence-electron chi connectivity index (χ4n) is 3.37. The molecule has 1 N–H and O–H groups in total. The lowest BCUT2D eigenvalue weighted by Gasteiger charge is -2.09. The predicted octanol–water partition coefficient (Wildman–Crippen LogP) is 5.05. The summed E-state index contributed by atoms with van der Waals surface area (Å²) >= 11 is 0. The maximum atomic E-state index is 13.0. The fourth-order valence-corrected chi connectivity index (χ4v) is 3.37. The normalized spacial score (nSPS) is 10.7. The molecule has 4 aromatic rings. The molecule has 30 heavy (non-hydrogen) atoms. The Hall–Kier alpha value is -4.06. The molecule has 0 spiro atoms. The van der Waals surface area contributed by atoms with Crippen LogP contribution >= 0.6 is 0 Å². The van der Waals surface area contributed by atoms with E-state index >= 15 is 0 Å². The molecule has 6 heteroatoms. The van der Waals surface area contributed by atoms with Crippen molar-refractivity contribution < 1.29 is 28.6 Å². The molecule has 0 aliphatic carbocycles. The third-order valence-corrected chi connectivity index (χ3v) is 4.86. The van der Waals surface area contributed by atoms with Gasteiger partial charge in [-0.2, -0.15) is 0 Å². The summed E-state index contributed by atoms with van der Waals surface area (Å²) in [5.74, 6) is -1.05. The van der Waals surface area contributed by atoms with Gasteiger partial charge in [-0.25, -0.2) is 4.79 Å². The monoisotopic (exact) mass is 402 g/mol. The fraction of sp³-hybridized carbons (Fsp3) is 0.0833. The molecule has 0 radical (unpaired) electrons. The number of furan rings is 1. The minimum absolute atomic E-state index is 0.0199. The summed E-state index contributed by atoms with van der Waals surface area (Å²) < 4.78 is 16.3. The molecule has 0 fully saturated rings. The van der Waals surface area contributed by atoms with Gasteiger partial charge >= 0.3 is 5.97 Å². The second kappa shape index (κ2) is 7.75. The minimum Gasteiger partial charge on any atom is -0.493 e. The zero-order chi connectivity index (χ0) is 21.3. The van der Waals surface area contributed by atoms with E-state index in [9.17, 15) is 14.7 Å². The van der Waals surface area contributed by atoms with Crippen LogP contribution in [0.2, 0.25) is 0 Å². The first-order valence-corrected chi connectivity index (χ1v) is 9.15. The van der Waals surface area contributed by atoms with Gasteiger partial charge in [0.2, 0.25) is 11.5 Å². The van der Waals surface area contributed by atoms with E-state index < -0.39 is 5.97 Å². The largest absolute Gasteiger partial charge is 0.493 e. The van der Waals surface area contributed by atoms with Crippen LogP contribution in [0.25, 0.3) is 22.1 Å². The summed E-state index contributed by atoms with van der Waals surface area (Å²) in [6.45, 7) is 0. The molecule has 0 aliphatic rings. The molecule has 0 amide bonds. The summed E-state index contributed by atoms with van der Waals surface area (Å²) in [4.78, 5) is 24.7. The zero-order valence-electron chi connectivity index (χ0n) is 16.3. The number of carbonyl (C=O) groups excluding carboxylic acids is 1. The molecule has 3 aromatic carbocycles. The lowest BCUT2D eigenvalue weighted by molar-refractivity contribution is 0.0698. The van der Waals surface area contributed by atoms with E-state index in [1.54, 1.807) is 12.1 Å². The molecule has 0 atom stereocenters. The number of hydrogen-bond donors (Lipinski definition) is 1. The Labute approximate surface area is 172 Å². The number of aromatic carboxylic acids is 1. The summed E-state index contributed by atoms with van der Waals surface area (Å²) in [6, 6.07) is 19.7. The number of ketones is 1. The van der Waals surface area contributed by atoms with Crippen molar-refractivity contribution in [1.82, 2.24) is 0 Å². The number of carbonyl (C=O) groups is 2. The number of fused-ring (bicyclic) bond motifs is 1. The van der Waals surface area contributed by atoms with Crippen molar-refractivity contribution in [3.05, 3.63) is 83.6 Å². The van der Waals surface area contributed by atoms with Crippen LogP contribution < -0.4 is 9.47 Å². The molecule has 4 rings (SSSR count). The molecular formula is C24H18O6. The van der Waals surface area contributed by atoms with E-state index in [4.69, 9.17) is 13.9 Å². The van der Waals surface area contributed by atoms with Crippen molar-refractivity contribution >= 4 is 22.7 Å². The molecule has 1 heterocycles. The van der Waals surface area contributed by atoms with E-state index in [-0.39, 0.29) is 39.6 Å². The smallest absolute Gasteiger partial charge is 0.336 e. The van der Waals surface area contributed by atoms with Crippen molar-refractivity contribution in [2.75, 3.05) is 14.2 Å². The quantitative estimate of drug-likeness (QED) is 0.455. The first-order chi connectivity index (χ1) is 14.5. The van der Waals surface area contributed by atoms with Crippen molar-refractivity contribution in [1.29, 1.82) is 0 Å². The van der Waals surface area contributed by atoms with Gasteiger partial charge in [0.25, 0.3) is 0 Å². The number of hydrogen-bond acceptors (Lipinski definition) is 5. The Balaban J connectivity index is 1.77. The highest BCUT2D eigenvalue weighted by Crippen LogP contribution is 2.40. The highest BCUT2D eigenvalue weighted by Gasteiger charge is 2.24. The van der Waals surface area contributed by atoms with E-state index in [0.717, 1.165) is 11.1 Å². The van der Waals surface area contributed by atoms with Gasteiger partial charge in [0, 0.05) is 10.9 Å². The van der Waals surface area contributed by atoms with Crippen LogP contribution in [0.3, 0.4) is 0 Å². The van der Waals surface area contributed by atoms with E-state index in [1.807, 2.05) is 42.5 Å². The van der Waals surface area contributed by atoms with Crippen LogP contribution in [0.4, 0.5) is 0 Å². The Kier molecular flexibility index (Phi) is 4.98.